The highest BCUT2D eigenvalue weighted by atomic mass is 15.2. The average molecular weight is 280 g/mol. The first-order valence-corrected chi connectivity index (χ1v) is 8.93. The summed E-state index contributed by atoms with van der Waals surface area (Å²) < 4.78 is 0. The van der Waals surface area contributed by atoms with Crippen LogP contribution in [0.2, 0.25) is 0 Å². The lowest BCUT2D eigenvalue weighted by Gasteiger charge is -2.46. The molecule has 2 saturated carbocycles. The zero-order valence-electron chi connectivity index (χ0n) is 14.3. The molecule has 2 nitrogen and oxygen atoms in total. The molecule has 2 fully saturated rings. The lowest BCUT2D eigenvalue weighted by molar-refractivity contribution is 0.0716. The molecule has 2 rings (SSSR count). The van der Waals surface area contributed by atoms with Crippen molar-refractivity contribution in [3.63, 3.8) is 0 Å². The summed E-state index contributed by atoms with van der Waals surface area (Å²) in [7, 11) is 4.57. The van der Waals surface area contributed by atoms with Crippen molar-refractivity contribution >= 4 is 0 Å². The highest BCUT2D eigenvalue weighted by Gasteiger charge is 2.37. The quantitative estimate of drug-likeness (QED) is 0.781. The van der Waals surface area contributed by atoms with Crippen molar-refractivity contribution in [2.45, 2.75) is 83.2 Å². The predicted octanol–water partition coefficient (Wildman–Crippen LogP) is 4.06. The highest BCUT2D eigenvalue weighted by Crippen LogP contribution is 2.35. The lowest BCUT2D eigenvalue weighted by atomic mass is 9.75. The van der Waals surface area contributed by atoms with E-state index in [4.69, 9.17) is 0 Å². The van der Waals surface area contributed by atoms with E-state index < -0.39 is 0 Å². The number of hydrogen-bond acceptors (Lipinski definition) is 2. The summed E-state index contributed by atoms with van der Waals surface area (Å²) >= 11 is 0. The summed E-state index contributed by atoms with van der Waals surface area (Å²) in [5.41, 5.74) is 0.412. The molecule has 4 unspecified atom stereocenters. The first kappa shape index (κ1) is 16.3. The van der Waals surface area contributed by atoms with Gasteiger partial charge in [-0.25, -0.2) is 0 Å². The second-order valence-electron chi connectivity index (χ2n) is 8.01. The van der Waals surface area contributed by atoms with Crippen molar-refractivity contribution in [2.75, 3.05) is 20.6 Å². The van der Waals surface area contributed by atoms with E-state index >= 15 is 0 Å². The molecule has 0 heterocycles. The van der Waals surface area contributed by atoms with Crippen LogP contribution in [0.15, 0.2) is 0 Å². The lowest BCUT2D eigenvalue weighted by Crippen LogP contribution is -2.55. The maximum Gasteiger partial charge on any atom is 0.0330 e. The van der Waals surface area contributed by atoms with Gasteiger partial charge in [-0.15, -0.1) is 0 Å². The molecule has 0 aliphatic heterocycles. The maximum atomic E-state index is 3.95. The van der Waals surface area contributed by atoms with E-state index in [2.05, 4.69) is 38.2 Å². The molecule has 2 aliphatic rings. The Balaban J connectivity index is 1.88. The Labute approximate surface area is 126 Å². The van der Waals surface area contributed by atoms with Crippen LogP contribution in [0, 0.1) is 11.8 Å². The first-order chi connectivity index (χ1) is 9.52. The molecule has 0 amide bonds. The van der Waals surface area contributed by atoms with Crippen LogP contribution in [0.1, 0.15) is 71.6 Å². The minimum atomic E-state index is 0.412. The fourth-order valence-corrected chi connectivity index (χ4v) is 4.38. The van der Waals surface area contributed by atoms with Gasteiger partial charge in [0.15, 0.2) is 0 Å². The molecule has 20 heavy (non-hydrogen) atoms. The van der Waals surface area contributed by atoms with Gasteiger partial charge >= 0.3 is 0 Å². The van der Waals surface area contributed by atoms with Gasteiger partial charge in [0.2, 0.25) is 0 Å². The molecule has 0 spiro atoms. The topological polar surface area (TPSA) is 15.3 Å². The summed E-state index contributed by atoms with van der Waals surface area (Å²) in [5, 5.41) is 3.95. The molecule has 2 heteroatoms. The summed E-state index contributed by atoms with van der Waals surface area (Å²) in [6.07, 6.45) is 12.6. The molecule has 4 atom stereocenters. The number of likely N-dealkylation sites (N-methyl/N-ethyl adjacent to an activating group) is 1. The first-order valence-electron chi connectivity index (χ1n) is 8.93. The molecule has 0 aromatic heterocycles. The average Bonchev–Trinajstić information content (AvgIpc) is 2.61. The zero-order valence-corrected chi connectivity index (χ0v) is 14.3. The van der Waals surface area contributed by atoms with Crippen LogP contribution < -0.4 is 5.32 Å². The van der Waals surface area contributed by atoms with Gasteiger partial charge in [0.1, 0.15) is 0 Å². The van der Waals surface area contributed by atoms with E-state index in [1.165, 1.54) is 64.3 Å². The maximum absolute atomic E-state index is 3.95. The van der Waals surface area contributed by atoms with Gasteiger partial charge in [0, 0.05) is 18.1 Å². The SMILES string of the molecule is CC1CCCC(NCC2(N(C)C)CCCC(C)C2)CC1. The van der Waals surface area contributed by atoms with Crippen molar-refractivity contribution in [2.24, 2.45) is 11.8 Å². The van der Waals surface area contributed by atoms with Crippen molar-refractivity contribution in [1.29, 1.82) is 0 Å². The summed E-state index contributed by atoms with van der Waals surface area (Å²) in [6, 6.07) is 0.772. The molecular weight excluding hydrogens is 244 g/mol. The van der Waals surface area contributed by atoms with Gasteiger partial charge in [-0.3, -0.25) is 0 Å². The van der Waals surface area contributed by atoms with Crippen molar-refractivity contribution < 1.29 is 0 Å². The highest BCUT2D eigenvalue weighted by molar-refractivity contribution is 4.95. The Bertz CT molecular complexity index is 289. The van der Waals surface area contributed by atoms with E-state index in [1.807, 2.05) is 0 Å². The van der Waals surface area contributed by atoms with Gasteiger partial charge in [-0.2, -0.15) is 0 Å². The Kier molecular flexibility index (Phi) is 5.92. The standard InChI is InChI=1S/C18H36N2/c1-15-7-5-9-17(11-10-15)19-14-18(20(3)4)12-6-8-16(2)13-18/h15-17,19H,5-14H2,1-4H3. The third-order valence-corrected chi connectivity index (χ3v) is 5.99. The van der Waals surface area contributed by atoms with E-state index in [9.17, 15) is 0 Å². The largest absolute Gasteiger partial charge is 0.312 e. The van der Waals surface area contributed by atoms with Gasteiger partial charge in [0.25, 0.3) is 0 Å². The van der Waals surface area contributed by atoms with E-state index in [-0.39, 0.29) is 0 Å². The van der Waals surface area contributed by atoms with Crippen LogP contribution in [0.5, 0.6) is 0 Å². The van der Waals surface area contributed by atoms with Crippen LogP contribution in [-0.2, 0) is 0 Å². The van der Waals surface area contributed by atoms with Crippen LogP contribution in [-0.4, -0.2) is 37.1 Å². The molecule has 0 aromatic carbocycles. The minimum Gasteiger partial charge on any atom is -0.312 e. The summed E-state index contributed by atoms with van der Waals surface area (Å²) in [5.74, 6) is 1.83. The molecule has 1 N–H and O–H groups in total. The number of nitrogens with zero attached hydrogens (tertiary/aromatic N) is 1. The number of hydrogen-bond donors (Lipinski definition) is 1. The van der Waals surface area contributed by atoms with Crippen LogP contribution in [0.25, 0.3) is 0 Å². The Morgan fingerprint density at radius 1 is 0.950 bits per heavy atom. The van der Waals surface area contributed by atoms with E-state index in [0.717, 1.165) is 17.9 Å². The smallest absolute Gasteiger partial charge is 0.0330 e. The summed E-state index contributed by atoms with van der Waals surface area (Å²) in [4.78, 5) is 2.51. The Morgan fingerprint density at radius 3 is 2.40 bits per heavy atom. The molecule has 0 aromatic rings. The van der Waals surface area contributed by atoms with Gasteiger partial charge in [-0.05, 0) is 58.0 Å². The Hall–Kier alpha value is -0.0800. The normalized spacial score (nSPS) is 39.8. The minimum absolute atomic E-state index is 0.412. The van der Waals surface area contributed by atoms with Gasteiger partial charge in [-0.1, -0.05) is 39.5 Å². The zero-order chi connectivity index (χ0) is 14.6. The van der Waals surface area contributed by atoms with Crippen molar-refractivity contribution in [3.05, 3.63) is 0 Å². The van der Waals surface area contributed by atoms with Gasteiger partial charge in [0.05, 0.1) is 0 Å². The van der Waals surface area contributed by atoms with Crippen LogP contribution in [0.3, 0.4) is 0 Å². The molecule has 0 radical (unpaired) electrons. The molecule has 118 valence electrons. The molecule has 0 saturated heterocycles. The van der Waals surface area contributed by atoms with Crippen molar-refractivity contribution in [1.82, 2.24) is 10.2 Å². The summed E-state index contributed by atoms with van der Waals surface area (Å²) in [6.45, 7) is 6.06. The second-order valence-corrected chi connectivity index (χ2v) is 8.01. The third kappa shape index (κ3) is 4.21. The van der Waals surface area contributed by atoms with E-state index in [0.29, 0.717) is 5.54 Å². The number of nitrogens with one attached hydrogen (secondary N) is 1. The fraction of sp³-hybridized carbons (Fsp3) is 1.00. The molecular formula is C18H36N2. The predicted molar refractivity (Wildman–Crippen MR) is 88.1 cm³/mol. The van der Waals surface area contributed by atoms with Gasteiger partial charge < -0.3 is 10.2 Å². The van der Waals surface area contributed by atoms with E-state index in [1.54, 1.807) is 0 Å². The number of rotatable bonds is 4. The fourth-order valence-electron chi connectivity index (χ4n) is 4.38. The second kappa shape index (κ2) is 7.26. The monoisotopic (exact) mass is 280 g/mol. The van der Waals surface area contributed by atoms with Crippen LogP contribution >= 0.6 is 0 Å². The molecule has 2 aliphatic carbocycles. The molecule has 0 bridgehead atoms. The van der Waals surface area contributed by atoms with Crippen LogP contribution in [0.4, 0.5) is 0 Å². The van der Waals surface area contributed by atoms with Crippen molar-refractivity contribution in [3.8, 4) is 0 Å². The Morgan fingerprint density at radius 2 is 1.70 bits per heavy atom. The third-order valence-electron chi connectivity index (χ3n) is 5.99.